The number of imidazole rings is 1. The molecule has 0 atom stereocenters. The van der Waals surface area contributed by atoms with Gasteiger partial charge in [-0.25, -0.2) is 4.98 Å². The van der Waals surface area contributed by atoms with Crippen LogP contribution in [-0.4, -0.2) is 15.8 Å². The van der Waals surface area contributed by atoms with Crippen LogP contribution >= 0.6 is 0 Å². The molecule has 0 aliphatic rings. The van der Waals surface area contributed by atoms with Crippen molar-refractivity contribution in [2.24, 2.45) is 0 Å². The molecule has 0 radical (unpaired) electrons. The molecule has 60 valence electrons. The summed E-state index contributed by atoms with van der Waals surface area (Å²) in [6.07, 6.45) is 0. The van der Waals surface area contributed by atoms with Crippen LogP contribution in [0.25, 0.3) is 11.0 Å². The number of fused-ring (bicyclic) bond motifs is 1. The normalized spacial score (nSPS) is 10.4. The van der Waals surface area contributed by atoms with Crippen LogP contribution in [0, 0.1) is 0 Å². The lowest BCUT2D eigenvalue weighted by Crippen LogP contribution is -1.93. The molecule has 0 bridgehead atoms. The number of carbonyl (C=O) groups is 1. The van der Waals surface area contributed by atoms with Crippen LogP contribution in [0.2, 0.25) is 0 Å². The highest BCUT2D eigenvalue weighted by atomic mass is 16.1. The highest BCUT2D eigenvalue weighted by molar-refractivity contribution is 5.93. The highest BCUT2D eigenvalue weighted by Gasteiger charge is 2.04. The average Bonchev–Trinajstić information content (AvgIpc) is 2.46. The van der Waals surface area contributed by atoms with Crippen LogP contribution in [0.3, 0.4) is 0 Å². The molecule has 2 aromatic rings. The van der Waals surface area contributed by atoms with Gasteiger partial charge >= 0.3 is 2.85 Å². The molecule has 0 unspecified atom stereocenters. The number of ketones is 1. The number of aromatic nitrogens is 2. The quantitative estimate of drug-likeness (QED) is 0.652. The largest absolute Gasteiger partial charge is 1.00 e. The van der Waals surface area contributed by atoms with Gasteiger partial charge in [0.2, 0.25) is 0 Å². The summed E-state index contributed by atoms with van der Waals surface area (Å²) in [4.78, 5) is 18.0. The number of carbonyl (C=O) groups excluding carboxylic acids is 1. The first kappa shape index (κ1) is 7.03. The number of H-pyrrole nitrogens is 1. The molecular formula is C9H10N2O+2. The van der Waals surface area contributed by atoms with E-state index in [2.05, 4.69) is 9.97 Å². The van der Waals surface area contributed by atoms with E-state index in [1.165, 1.54) is 6.92 Å². The minimum atomic E-state index is -0.0359. The number of hydrogen-bond donors (Lipinski definition) is 1. The van der Waals surface area contributed by atoms with Gasteiger partial charge in [0, 0.05) is 6.92 Å². The third-order valence-electron chi connectivity index (χ3n) is 1.72. The predicted molar refractivity (Wildman–Crippen MR) is 48.3 cm³/mol. The van der Waals surface area contributed by atoms with Gasteiger partial charge in [0.1, 0.15) is 0 Å². The van der Waals surface area contributed by atoms with Gasteiger partial charge in [0.25, 0.3) is 0 Å². The second kappa shape index (κ2) is 2.44. The number of nitrogens with zero attached hydrogens (tertiary/aromatic N) is 1. The first-order valence-corrected chi connectivity index (χ1v) is 3.73. The molecule has 0 spiro atoms. The standard InChI is InChI=1S/C9H8N2O/c1-6(12)9-10-7-4-2-3-5-8(7)11-9/h2-5H,1H3,(H,10,11)/p+2. The number of hydrogen-bond acceptors (Lipinski definition) is 2. The zero-order valence-electron chi connectivity index (χ0n) is 8.66. The van der Waals surface area contributed by atoms with E-state index in [0.717, 1.165) is 11.0 Å². The van der Waals surface area contributed by atoms with Crippen molar-refractivity contribution >= 4 is 16.8 Å². The van der Waals surface area contributed by atoms with Gasteiger partial charge in [-0.2, -0.15) is 0 Å². The topological polar surface area (TPSA) is 45.8 Å². The van der Waals surface area contributed by atoms with Crippen molar-refractivity contribution in [1.29, 1.82) is 0 Å². The SMILES string of the molecule is CC(=O)c1nc2ccccc2[nH]1.[H+].[H+]. The van der Waals surface area contributed by atoms with Gasteiger partial charge in [0.05, 0.1) is 11.0 Å². The Balaban J connectivity index is 0.000000845. The fraction of sp³-hybridized carbons (Fsp3) is 0.111. The van der Waals surface area contributed by atoms with Crippen LogP contribution in [-0.2, 0) is 0 Å². The Morgan fingerprint density at radius 3 is 2.92 bits per heavy atom. The summed E-state index contributed by atoms with van der Waals surface area (Å²) in [5.41, 5.74) is 1.74. The van der Waals surface area contributed by atoms with Crippen LogP contribution in [0.4, 0.5) is 0 Å². The van der Waals surface area contributed by atoms with Crippen molar-refractivity contribution in [1.82, 2.24) is 9.97 Å². The van der Waals surface area contributed by atoms with E-state index >= 15 is 0 Å². The molecule has 0 aliphatic heterocycles. The van der Waals surface area contributed by atoms with Gasteiger partial charge in [-0.3, -0.25) is 4.79 Å². The van der Waals surface area contributed by atoms with Crippen LogP contribution in [0.1, 0.15) is 20.4 Å². The smallest absolute Gasteiger partial charge is 0.335 e. The highest BCUT2D eigenvalue weighted by Crippen LogP contribution is 2.09. The second-order valence-corrected chi connectivity index (χ2v) is 2.66. The Morgan fingerprint density at radius 2 is 2.25 bits per heavy atom. The van der Waals surface area contributed by atoms with Gasteiger partial charge in [-0.05, 0) is 12.1 Å². The van der Waals surface area contributed by atoms with E-state index in [1.807, 2.05) is 24.3 Å². The van der Waals surface area contributed by atoms with Crippen molar-refractivity contribution in [2.75, 3.05) is 0 Å². The number of Topliss-reactive ketones (excluding diaryl/α,β-unsaturated/α-hetero) is 1. The number of nitrogens with one attached hydrogen (secondary N) is 1. The lowest BCUT2D eigenvalue weighted by atomic mass is 10.3. The average molecular weight is 162 g/mol. The lowest BCUT2D eigenvalue weighted by molar-refractivity contribution is 0.100. The molecule has 12 heavy (non-hydrogen) atoms. The van der Waals surface area contributed by atoms with Gasteiger partial charge in [0.15, 0.2) is 11.6 Å². The number of benzene rings is 1. The van der Waals surface area contributed by atoms with E-state index in [-0.39, 0.29) is 8.64 Å². The first-order valence-electron chi connectivity index (χ1n) is 3.73. The summed E-state index contributed by atoms with van der Waals surface area (Å²) in [6, 6.07) is 7.57. The van der Waals surface area contributed by atoms with Gasteiger partial charge < -0.3 is 4.98 Å². The maximum Gasteiger partial charge on any atom is 1.00 e. The minimum Gasteiger partial charge on any atom is -0.335 e. The second-order valence-electron chi connectivity index (χ2n) is 2.66. The van der Waals surface area contributed by atoms with Crippen LogP contribution in [0.15, 0.2) is 24.3 Å². The van der Waals surface area contributed by atoms with Crippen LogP contribution < -0.4 is 0 Å². The summed E-state index contributed by atoms with van der Waals surface area (Å²) < 4.78 is 0. The number of aromatic amines is 1. The number of para-hydroxylation sites is 2. The van der Waals surface area contributed by atoms with Crippen molar-refractivity contribution < 1.29 is 7.65 Å². The summed E-state index contributed by atoms with van der Waals surface area (Å²) in [6.45, 7) is 1.50. The van der Waals surface area contributed by atoms with E-state index in [0.29, 0.717) is 5.82 Å². The lowest BCUT2D eigenvalue weighted by Gasteiger charge is -1.82. The summed E-state index contributed by atoms with van der Waals surface area (Å²) in [5, 5.41) is 0. The van der Waals surface area contributed by atoms with Gasteiger partial charge in [-0.15, -0.1) is 0 Å². The fourth-order valence-electron chi connectivity index (χ4n) is 1.12. The first-order chi connectivity index (χ1) is 5.77. The Hall–Kier alpha value is -1.64. The van der Waals surface area contributed by atoms with E-state index in [1.54, 1.807) is 0 Å². The Labute approximate surface area is 72.4 Å². The van der Waals surface area contributed by atoms with Crippen molar-refractivity contribution in [3.05, 3.63) is 30.1 Å². The Kier molecular flexibility index (Phi) is 1.43. The Morgan fingerprint density at radius 1 is 1.50 bits per heavy atom. The van der Waals surface area contributed by atoms with Crippen molar-refractivity contribution in [2.45, 2.75) is 6.92 Å². The third-order valence-corrected chi connectivity index (χ3v) is 1.72. The van der Waals surface area contributed by atoms with E-state index in [9.17, 15) is 4.79 Å². The zero-order valence-corrected chi connectivity index (χ0v) is 6.66. The molecule has 0 saturated carbocycles. The molecule has 0 amide bonds. The van der Waals surface area contributed by atoms with E-state index in [4.69, 9.17) is 0 Å². The van der Waals surface area contributed by atoms with Crippen molar-refractivity contribution in [3.63, 3.8) is 0 Å². The molecule has 3 nitrogen and oxygen atoms in total. The monoisotopic (exact) mass is 162 g/mol. The maximum absolute atomic E-state index is 10.9. The fourth-order valence-corrected chi connectivity index (χ4v) is 1.12. The molecular weight excluding hydrogens is 152 g/mol. The van der Waals surface area contributed by atoms with Crippen molar-refractivity contribution in [3.8, 4) is 0 Å². The summed E-state index contributed by atoms with van der Waals surface area (Å²) in [7, 11) is 0. The minimum absolute atomic E-state index is 0. The molecule has 3 heteroatoms. The maximum atomic E-state index is 10.9. The summed E-state index contributed by atoms with van der Waals surface area (Å²) in [5.74, 6) is 0.391. The molecule has 2 rings (SSSR count). The van der Waals surface area contributed by atoms with Gasteiger partial charge in [-0.1, -0.05) is 12.1 Å². The molecule has 1 N–H and O–H groups in total. The Bertz CT molecular complexity index is 406. The predicted octanol–water partition coefficient (Wildman–Crippen LogP) is 1.99. The molecule has 1 heterocycles. The number of rotatable bonds is 1. The zero-order chi connectivity index (χ0) is 8.55. The van der Waals surface area contributed by atoms with Crippen LogP contribution in [0.5, 0.6) is 0 Å². The summed E-state index contributed by atoms with van der Waals surface area (Å²) >= 11 is 0. The molecule has 1 aromatic heterocycles. The molecule has 0 fully saturated rings. The molecule has 0 saturated heterocycles. The third kappa shape index (κ3) is 0.993. The van der Waals surface area contributed by atoms with E-state index < -0.39 is 0 Å². The molecule has 0 aliphatic carbocycles. The molecule has 1 aromatic carbocycles.